The van der Waals surface area contributed by atoms with E-state index in [0.717, 1.165) is 32.7 Å². The largest absolute Gasteiger partial charge is 0.354 e. The van der Waals surface area contributed by atoms with E-state index in [0.29, 0.717) is 0 Å². The third-order valence-electron chi connectivity index (χ3n) is 3.23. The molecule has 17 heavy (non-hydrogen) atoms. The SMILES string of the molecule is CCN(CC)CCCNCc1ccn(CC)c1. The molecule has 1 aromatic rings. The number of hydrogen-bond donors (Lipinski definition) is 1. The number of aryl methyl sites for hydroxylation is 1. The maximum Gasteiger partial charge on any atom is 0.0220 e. The molecule has 1 heterocycles. The molecule has 0 fully saturated rings. The summed E-state index contributed by atoms with van der Waals surface area (Å²) >= 11 is 0. The van der Waals surface area contributed by atoms with Crippen molar-refractivity contribution in [2.45, 2.75) is 40.3 Å². The number of nitrogens with zero attached hydrogens (tertiary/aromatic N) is 2. The molecule has 0 aliphatic rings. The number of nitrogens with one attached hydrogen (secondary N) is 1. The van der Waals surface area contributed by atoms with Crippen LogP contribution in [-0.4, -0.2) is 35.6 Å². The molecule has 0 saturated carbocycles. The van der Waals surface area contributed by atoms with E-state index in [9.17, 15) is 0 Å². The van der Waals surface area contributed by atoms with E-state index in [-0.39, 0.29) is 0 Å². The van der Waals surface area contributed by atoms with Crippen LogP contribution in [0.2, 0.25) is 0 Å². The van der Waals surface area contributed by atoms with Crippen molar-refractivity contribution in [1.82, 2.24) is 14.8 Å². The zero-order valence-corrected chi connectivity index (χ0v) is 11.6. The smallest absolute Gasteiger partial charge is 0.0220 e. The van der Waals surface area contributed by atoms with E-state index in [1.165, 1.54) is 18.5 Å². The lowest BCUT2D eigenvalue weighted by Gasteiger charge is -2.17. The zero-order valence-electron chi connectivity index (χ0n) is 11.6. The molecule has 0 aromatic carbocycles. The summed E-state index contributed by atoms with van der Waals surface area (Å²) in [6, 6.07) is 2.20. The first-order valence-corrected chi connectivity index (χ1v) is 6.87. The fourth-order valence-electron chi connectivity index (χ4n) is 1.99. The molecule has 3 nitrogen and oxygen atoms in total. The molecule has 0 atom stereocenters. The lowest BCUT2D eigenvalue weighted by Crippen LogP contribution is -2.27. The second-order valence-corrected chi connectivity index (χ2v) is 4.41. The Labute approximate surface area is 106 Å². The molecular formula is C14H27N3. The van der Waals surface area contributed by atoms with Gasteiger partial charge in [-0.1, -0.05) is 13.8 Å². The predicted octanol–water partition coefficient (Wildman–Crippen LogP) is 2.33. The molecule has 1 rings (SSSR count). The molecule has 98 valence electrons. The highest BCUT2D eigenvalue weighted by Gasteiger charge is 1.98. The van der Waals surface area contributed by atoms with Gasteiger partial charge in [0.15, 0.2) is 0 Å². The average Bonchev–Trinajstić information content (AvgIpc) is 2.82. The van der Waals surface area contributed by atoms with Crippen LogP contribution in [0.25, 0.3) is 0 Å². The zero-order chi connectivity index (χ0) is 12.5. The molecule has 0 aliphatic heterocycles. The van der Waals surface area contributed by atoms with Crippen molar-refractivity contribution in [2.24, 2.45) is 0 Å². The topological polar surface area (TPSA) is 20.2 Å². The lowest BCUT2D eigenvalue weighted by molar-refractivity contribution is 0.298. The van der Waals surface area contributed by atoms with Crippen molar-refractivity contribution >= 4 is 0 Å². The van der Waals surface area contributed by atoms with Crippen molar-refractivity contribution in [2.75, 3.05) is 26.2 Å². The second kappa shape index (κ2) is 8.31. The maximum atomic E-state index is 3.50. The quantitative estimate of drug-likeness (QED) is 0.665. The molecule has 0 bridgehead atoms. The molecule has 0 aliphatic carbocycles. The Balaban J connectivity index is 2.07. The van der Waals surface area contributed by atoms with Gasteiger partial charge in [0, 0.05) is 25.5 Å². The van der Waals surface area contributed by atoms with Crippen LogP contribution in [0.15, 0.2) is 18.5 Å². The van der Waals surface area contributed by atoms with Crippen molar-refractivity contribution in [1.29, 1.82) is 0 Å². The van der Waals surface area contributed by atoms with Crippen molar-refractivity contribution in [3.8, 4) is 0 Å². The highest BCUT2D eigenvalue weighted by atomic mass is 15.1. The summed E-state index contributed by atoms with van der Waals surface area (Å²) in [5, 5.41) is 3.50. The summed E-state index contributed by atoms with van der Waals surface area (Å²) in [6.07, 6.45) is 5.60. The molecular weight excluding hydrogens is 210 g/mol. The molecule has 3 heteroatoms. The van der Waals surface area contributed by atoms with Gasteiger partial charge in [-0.15, -0.1) is 0 Å². The van der Waals surface area contributed by atoms with Gasteiger partial charge in [-0.2, -0.15) is 0 Å². The fraction of sp³-hybridized carbons (Fsp3) is 0.714. The van der Waals surface area contributed by atoms with E-state index in [2.05, 4.69) is 54.0 Å². The summed E-state index contributed by atoms with van der Waals surface area (Å²) < 4.78 is 2.22. The van der Waals surface area contributed by atoms with Gasteiger partial charge in [-0.25, -0.2) is 0 Å². The van der Waals surface area contributed by atoms with Crippen LogP contribution in [0.3, 0.4) is 0 Å². The molecule has 1 N–H and O–H groups in total. The first-order valence-electron chi connectivity index (χ1n) is 6.87. The first kappa shape index (κ1) is 14.3. The van der Waals surface area contributed by atoms with Gasteiger partial charge in [-0.3, -0.25) is 0 Å². The fourth-order valence-corrected chi connectivity index (χ4v) is 1.99. The van der Waals surface area contributed by atoms with Gasteiger partial charge < -0.3 is 14.8 Å². The van der Waals surface area contributed by atoms with E-state index in [1.807, 2.05) is 0 Å². The summed E-state index contributed by atoms with van der Waals surface area (Å²) in [6.45, 7) is 13.3. The Morgan fingerprint density at radius 2 is 2.00 bits per heavy atom. The first-order chi connectivity index (χ1) is 8.30. The third kappa shape index (κ3) is 5.37. The molecule has 0 amide bonds. The van der Waals surface area contributed by atoms with E-state index < -0.39 is 0 Å². The van der Waals surface area contributed by atoms with Crippen molar-refractivity contribution in [3.63, 3.8) is 0 Å². The maximum absolute atomic E-state index is 3.50. The minimum Gasteiger partial charge on any atom is -0.354 e. The van der Waals surface area contributed by atoms with Gasteiger partial charge in [0.05, 0.1) is 0 Å². The molecule has 0 spiro atoms. The average molecular weight is 237 g/mol. The van der Waals surface area contributed by atoms with Crippen LogP contribution in [0.4, 0.5) is 0 Å². The Bertz CT molecular complexity index is 289. The number of rotatable bonds is 9. The molecule has 0 radical (unpaired) electrons. The van der Waals surface area contributed by atoms with Gasteiger partial charge in [0.2, 0.25) is 0 Å². The Hall–Kier alpha value is -0.800. The summed E-state index contributed by atoms with van der Waals surface area (Å²) in [7, 11) is 0. The Morgan fingerprint density at radius 3 is 2.59 bits per heavy atom. The second-order valence-electron chi connectivity index (χ2n) is 4.41. The lowest BCUT2D eigenvalue weighted by atomic mass is 10.3. The van der Waals surface area contributed by atoms with Crippen LogP contribution in [0.1, 0.15) is 32.8 Å². The molecule has 1 aromatic heterocycles. The Morgan fingerprint density at radius 1 is 1.24 bits per heavy atom. The summed E-state index contributed by atoms with van der Waals surface area (Å²) in [5.74, 6) is 0. The van der Waals surface area contributed by atoms with Crippen LogP contribution >= 0.6 is 0 Å². The van der Waals surface area contributed by atoms with Gasteiger partial charge >= 0.3 is 0 Å². The van der Waals surface area contributed by atoms with E-state index in [1.54, 1.807) is 0 Å². The van der Waals surface area contributed by atoms with Gasteiger partial charge in [0.25, 0.3) is 0 Å². The standard InChI is InChI=1S/C14H27N3/c1-4-16(5-2)10-7-9-15-12-14-8-11-17(6-3)13-14/h8,11,13,15H,4-7,9-10,12H2,1-3H3. The highest BCUT2D eigenvalue weighted by Crippen LogP contribution is 2.00. The minimum atomic E-state index is 0.991. The van der Waals surface area contributed by atoms with Gasteiger partial charge in [-0.05, 0) is 51.2 Å². The summed E-state index contributed by atoms with van der Waals surface area (Å²) in [4.78, 5) is 2.47. The van der Waals surface area contributed by atoms with Crippen molar-refractivity contribution in [3.05, 3.63) is 24.0 Å². The number of hydrogen-bond acceptors (Lipinski definition) is 2. The minimum absolute atomic E-state index is 0.991. The highest BCUT2D eigenvalue weighted by molar-refractivity contribution is 5.09. The normalized spacial score (nSPS) is 11.3. The van der Waals surface area contributed by atoms with E-state index in [4.69, 9.17) is 0 Å². The third-order valence-corrected chi connectivity index (χ3v) is 3.23. The van der Waals surface area contributed by atoms with Crippen LogP contribution in [0.5, 0.6) is 0 Å². The Kier molecular flexibility index (Phi) is 6.97. The monoisotopic (exact) mass is 237 g/mol. The van der Waals surface area contributed by atoms with Crippen molar-refractivity contribution < 1.29 is 0 Å². The summed E-state index contributed by atoms with van der Waals surface area (Å²) in [5.41, 5.74) is 1.38. The predicted molar refractivity (Wildman–Crippen MR) is 74.2 cm³/mol. The van der Waals surface area contributed by atoms with Crippen LogP contribution in [-0.2, 0) is 13.1 Å². The van der Waals surface area contributed by atoms with Gasteiger partial charge in [0.1, 0.15) is 0 Å². The molecule has 0 unspecified atom stereocenters. The van der Waals surface area contributed by atoms with Crippen LogP contribution < -0.4 is 5.32 Å². The number of aromatic nitrogens is 1. The molecule has 0 saturated heterocycles. The van der Waals surface area contributed by atoms with E-state index >= 15 is 0 Å². The van der Waals surface area contributed by atoms with Crippen LogP contribution in [0, 0.1) is 0 Å².